The monoisotopic (exact) mass is 429 g/mol. The predicted octanol–water partition coefficient (Wildman–Crippen LogP) is 4.02. The van der Waals surface area contributed by atoms with Crippen molar-refractivity contribution in [1.82, 2.24) is 10.3 Å². The third-order valence-electron chi connectivity index (χ3n) is 4.37. The molecule has 0 atom stereocenters. The lowest BCUT2D eigenvalue weighted by molar-refractivity contribution is 0.0950. The highest BCUT2D eigenvalue weighted by Crippen LogP contribution is 2.22. The summed E-state index contributed by atoms with van der Waals surface area (Å²) in [5.74, 6) is -0.00328. The standard InChI is InChI=1S/C21H23N3O3S2/c1-15(2)21-23-17(14-28-21)13-22-20(25)16-8-7-11-19(12-16)29(26,27)24(3)18-9-5-4-6-10-18/h4-12,14-15H,13H2,1-3H3,(H,22,25). The van der Waals surface area contributed by atoms with Crippen LogP contribution in [0.3, 0.4) is 0 Å². The summed E-state index contributed by atoms with van der Waals surface area (Å²) in [6, 6.07) is 14.8. The molecule has 1 heterocycles. The van der Waals surface area contributed by atoms with Crippen molar-refractivity contribution in [3.8, 4) is 0 Å². The van der Waals surface area contributed by atoms with Crippen molar-refractivity contribution in [2.45, 2.75) is 31.2 Å². The molecule has 0 saturated heterocycles. The van der Waals surface area contributed by atoms with Crippen LogP contribution in [-0.4, -0.2) is 26.4 Å². The quantitative estimate of drug-likeness (QED) is 0.615. The highest BCUT2D eigenvalue weighted by molar-refractivity contribution is 7.92. The van der Waals surface area contributed by atoms with Gasteiger partial charge in [0.25, 0.3) is 15.9 Å². The Balaban J connectivity index is 1.75. The molecule has 29 heavy (non-hydrogen) atoms. The molecule has 0 aliphatic heterocycles. The van der Waals surface area contributed by atoms with Crippen LogP contribution in [0.4, 0.5) is 5.69 Å². The van der Waals surface area contributed by atoms with Crippen LogP contribution in [0.2, 0.25) is 0 Å². The van der Waals surface area contributed by atoms with Gasteiger partial charge in [-0.15, -0.1) is 11.3 Å². The zero-order valence-corrected chi connectivity index (χ0v) is 18.1. The SMILES string of the molecule is CC(C)c1nc(CNC(=O)c2cccc(S(=O)(=O)N(C)c3ccccc3)c2)cs1. The lowest BCUT2D eigenvalue weighted by atomic mass is 10.2. The Labute approximate surface area is 175 Å². The Morgan fingerprint density at radius 2 is 1.86 bits per heavy atom. The number of hydrogen-bond donors (Lipinski definition) is 1. The van der Waals surface area contributed by atoms with Gasteiger partial charge in [-0.1, -0.05) is 38.1 Å². The number of para-hydroxylation sites is 1. The summed E-state index contributed by atoms with van der Waals surface area (Å²) >= 11 is 1.56. The van der Waals surface area contributed by atoms with Gasteiger partial charge in [0.1, 0.15) is 0 Å². The molecule has 0 saturated carbocycles. The van der Waals surface area contributed by atoms with Gasteiger partial charge in [0.15, 0.2) is 0 Å². The third kappa shape index (κ3) is 4.83. The molecule has 1 amide bonds. The van der Waals surface area contributed by atoms with Gasteiger partial charge in [-0.05, 0) is 30.3 Å². The highest BCUT2D eigenvalue weighted by Gasteiger charge is 2.22. The number of benzene rings is 2. The normalized spacial score (nSPS) is 11.4. The second-order valence-electron chi connectivity index (χ2n) is 6.85. The molecule has 0 radical (unpaired) electrons. The van der Waals surface area contributed by atoms with Gasteiger partial charge in [0, 0.05) is 23.9 Å². The average molecular weight is 430 g/mol. The first-order valence-electron chi connectivity index (χ1n) is 9.15. The molecule has 3 rings (SSSR count). The third-order valence-corrected chi connectivity index (χ3v) is 7.34. The molecule has 2 aromatic carbocycles. The van der Waals surface area contributed by atoms with E-state index in [-0.39, 0.29) is 16.4 Å². The number of carbonyl (C=O) groups excluding carboxylic acids is 1. The Kier molecular flexibility index (Phi) is 6.34. The number of hydrogen-bond acceptors (Lipinski definition) is 5. The summed E-state index contributed by atoms with van der Waals surface area (Å²) < 4.78 is 27.1. The van der Waals surface area contributed by atoms with Crippen molar-refractivity contribution in [3.05, 3.63) is 76.2 Å². The molecule has 1 N–H and O–H groups in total. The summed E-state index contributed by atoms with van der Waals surface area (Å²) in [4.78, 5) is 17.1. The van der Waals surface area contributed by atoms with Crippen molar-refractivity contribution in [1.29, 1.82) is 0 Å². The number of nitrogens with one attached hydrogen (secondary N) is 1. The predicted molar refractivity (Wildman–Crippen MR) is 116 cm³/mol. The van der Waals surface area contributed by atoms with E-state index in [4.69, 9.17) is 0 Å². The van der Waals surface area contributed by atoms with E-state index in [1.54, 1.807) is 47.7 Å². The second kappa shape index (κ2) is 8.75. The number of carbonyl (C=O) groups is 1. The van der Waals surface area contributed by atoms with E-state index in [1.807, 2.05) is 11.4 Å². The maximum absolute atomic E-state index is 12.9. The van der Waals surface area contributed by atoms with Crippen molar-refractivity contribution in [3.63, 3.8) is 0 Å². The van der Waals surface area contributed by atoms with Gasteiger partial charge in [-0.3, -0.25) is 9.10 Å². The van der Waals surface area contributed by atoms with Gasteiger partial charge in [-0.25, -0.2) is 13.4 Å². The molecule has 1 aromatic heterocycles. The number of nitrogens with zero attached hydrogens (tertiary/aromatic N) is 2. The molecular weight excluding hydrogens is 406 g/mol. The fraction of sp³-hybridized carbons (Fsp3) is 0.238. The van der Waals surface area contributed by atoms with E-state index < -0.39 is 10.0 Å². The van der Waals surface area contributed by atoms with Gasteiger partial charge >= 0.3 is 0 Å². The van der Waals surface area contributed by atoms with Crippen LogP contribution >= 0.6 is 11.3 Å². The molecule has 0 aliphatic carbocycles. The molecule has 8 heteroatoms. The average Bonchev–Trinajstić information content (AvgIpc) is 3.21. The van der Waals surface area contributed by atoms with E-state index >= 15 is 0 Å². The van der Waals surface area contributed by atoms with E-state index in [9.17, 15) is 13.2 Å². The molecular formula is C21H23N3O3S2. The van der Waals surface area contributed by atoms with Crippen LogP contribution in [0.5, 0.6) is 0 Å². The van der Waals surface area contributed by atoms with Gasteiger partial charge in [0.05, 0.1) is 27.8 Å². The van der Waals surface area contributed by atoms with Gasteiger partial charge < -0.3 is 5.32 Å². The molecule has 0 fully saturated rings. The summed E-state index contributed by atoms with van der Waals surface area (Å²) in [7, 11) is -2.29. The largest absolute Gasteiger partial charge is 0.346 e. The molecule has 0 aliphatic rings. The van der Waals surface area contributed by atoms with Crippen molar-refractivity contribution in [2.24, 2.45) is 0 Å². The van der Waals surface area contributed by atoms with Crippen molar-refractivity contribution in [2.75, 3.05) is 11.4 Å². The first kappa shape index (κ1) is 21.0. The number of aromatic nitrogens is 1. The Hall–Kier alpha value is -2.71. The molecule has 3 aromatic rings. The molecule has 6 nitrogen and oxygen atoms in total. The number of amides is 1. The van der Waals surface area contributed by atoms with Crippen LogP contribution in [-0.2, 0) is 16.6 Å². The fourth-order valence-electron chi connectivity index (χ4n) is 2.67. The number of sulfonamides is 1. The lowest BCUT2D eigenvalue weighted by Crippen LogP contribution is -2.27. The zero-order valence-electron chi connectivity index (χ0n) is 16.5. The first-order chi connectivity index (χ1) is 13.8. The Morgan fingerprint density at radius 3 is 2.52 bits per heavy atom. The topological polar surface area (TPSA) is 79.4 Å². The molecule has 0 spiro atoms. The fourth-order valence-corrected chi connectivity index (χ4v) is 4.75. The van der Waals surface area contributed by atoms with Crippen LogP contribution in [0.25, 0.3) is 0 Å². The van der Waals surface area contributed by atoms with Crippen LogP contribution < -0.4 is 9.62 Å². The minimum atomic E-state index is -3.78. The summed E-state index contributed by atoms with van der Waals surface area (Å²) in [5, 5.41) is 5.75. The van der Waals surface area contributed by atoms with Gasteiger partial charge in [0.2, 0.25) is 0 Å². The highest BCUT2D eigenvalue weighted by atomic mass is 32.2. The van der Waals surface area contributed by atoms with E-state index in [1.165, 1.54) is 23.5 Å². The van der Waals surface area contributed by atoms with Crippen LogP contribution in [0.1, 0.15) is 40.8 Å². The summed E-state index contributed by atoms with van der Waals surface area (Å²) in [5.41, 5.74) is 1.62. The Morgan fingerprint density at radius 1 is 1.14 bits per heavy atom. The second-order valence-corrected chi connectivity index (χ2v) is 9.71. The van der Waals surface area contributed by atoms with E-state index in [2.05, 4.69) is 24.1 Å². The minimum Gasteiger partial charge on any atom is -0.346 e. The smallest absolute Gasteiger partial charge is 0.264 e. The summed E-state index contributed by atoms with van der Waals surface area (Å²) in [6.07, 6.45) is 0. The van der Waals surface area contributed by atoms with Crippen molar-refractivity contribution < 1.29 is 13.2 Å². The van der Waals surface area contributed by atoms with E-state index in [0.717, 1.165) is 10.7 Å². The van der Waals surface area contributed by atoms with Gasteiger partial charge in [-0.2, -0.15) is 0 Å². The summed E-state index contributed by atoms with van der Waals surface area (Å²) in [6.45, 7) is 4.43. The number of rotatable bonds is 7. The molecule has 0 bridgehead atoms. The minimum absolute atomic E-state index is 0.0623. The lowest BCUT2D eigenvalue weighted by Gasteiger charge is -2.19. The van der Waals surface area contributed by atoms with E-state index in [0.29, 0.717) is 18.2 Å². The number of thiazole rings is 1. The first-order valence-corrected chi connectivity index (χ1v) is 11.5. The van der Waals surface area contributed by atoms with Crippen molar-refractivity contribution >= 4 is 33.0 Å². The molecule has 152 valence electrons. The van der Waals surface area contributed by atoms with Crippen LogP contribution in [0, 0.1) is 0 Å². The van der Waals surface area contributed by atoms with Crippen LogP contribution in [0.15, 0.2) is 64.9 Å². The maximum atomic E-state index is 12.9. The molecule has 0 unspecified atom stereocenters. The zero-order chi connectivity index (χ0) is 21.0. The maximum Gasteiger partial charge on any atom is 0.264 e. The number of anilines is 1. The Bertz CT molecular complexity index is 1090.